The summed E-state index contributed by atoms with van der Waals surface area (Å²) in [6, 6.07) is 9.92. The maximum absolute atomic E-state index is 13.0. The molecule has 150 valence electrons. The van der Waals surface area contributed by atoms with E-state index in [0.717, 1.165) is 60.5 Å². The lowest BCUT2D eigenvalue weighted by atomic mass is 9.99. The van der Waals surface area contributed by atoms with Crippen LogP contribution in [-0.4, -0.2) is 36.7 Å². The van der Waals surface area contributed by atoms with Crippen LogP contribution in [0.15, 0.2) is 36.1 Å². The van der Waals surface area contributed by atoms with Crippen molar-refractivity contribution < 1.29 is 19.0 Å². The van der Waals surface area contributed by atoms with Crippen LogP contribution in [0.4, 0.5) is 0 Å². The minimum Gasteiger partial charge on any atom is -0.477 e. The van der Waals surface area contributed by atoms with Crippen LogP contribution in [0.2, 0.25) is 0 Å². The summed E-state index contributed by atoms with van der Waals surface area (Å²) >= 11 is 0. The summed E-state index contributed by atoms with van der Waals surface area (Å²) in [7, 11) is 0. The molecule has 2 aromatic rings. The standard InChI is InChI=1S/C24H25NO4/c1-15-6-3-4-7-17(15)11-21-22(26)20-10-18-12-25(13-19-8-5-9-27-19)14-28-23(18)16(2)24(20)29-21/h3-4,6-7,10-11,19H,5,8-9,12-14H2,1-2H3/b21-11-. The van der Waals surface area contributed by atoms with Crippen LogP contribution in [-0.2, 0) is 11.3 Å². The Labute approximate surface area is 170 Å². The van der Waals surface area contributed by atoms with Gasteiger partial charge < -0.3 is 14.2 Å². The molecule has 0 N–H and O–H groups in total. The highest BCUT2D eigenvalue weighted by molar-refractivity contribution is 6.15. The molecule has 3 heterocycles. The van der Waals surface area contributed by atoms with E-state index in [2.05, 4.69) is 4.90 Å². The van der Waals surface area contributed by atoms with Gasteiger partial charge in [0.1, 0.15) is 18.2 Å². The Bertz CT molecular complexity index is 1000. The molecule has 1 fully saturated rings. The minimum absolute atomic E-state index is 0.0644. The van der Waals surface area contributed by atoms with Crippen molar-refractivity contribution in [1.29, 1.82) is 0 Å². The highest BCUT2D eigenvalue weighted by Gasteiger charge is 2.34. The average Bonchev–Trinajstić information content (AvgIpc) is 3.33. The Balaban J connectivity index is 1.43. The molecule has 1 atom stereocenters. The summed E-state index contributed by atoms with van der Waals surface area (Å²) in [4.78, 5) is 15.3. The maximum atomic E-state index is 13.0. The Morgan fingerprint density at radius 2 is 2.07 bits per heavy atom. The molecule has 0 spiro atoms. The van der Waals surface area contributed by atoms with Crippen molar-refractivity contribution in [2.24, 2.45) is 0 Å². The molecular formula is C24H25NO4. The van der Waals surface area contributed by atoms with Crippen LogP contribution < -0.4 is 9.47 Å². The van der Waals surface area contributed by atoms with Gasteiger partial charge in [-0.1, -0.05) is 24.3 Å². The first kappa shape index (κ1) is 18.4. The molecule has 29 heavy (non-hydrogen) atoms. The van der Waals surface area contributed by atoms with Crippen LogP contribution in [0.3, 0.4) is 0 Å². The second-order valence-corrected chi connectivity index (χ2v) is 8.08. The van der Waals surface area contributed by atoms with E-state index in [0.29, 0.717) is 23.8 Å². The first-order chi connectivity index (χ1) is 14.1. The van der Waals surface area contributed by atoms with Gasteiger partial charge in [0.25, 0.3) is 0 Å². The van der Waals surface area contributed by atoms with Gasteiger partial charge in [-0.3, -0.25) is 9.69 Å². The lowest BCUT2D eigenvalue weighted by molar-refractivity contribution is 0.0276. The number of hydrogen-bond donors (Lipinski definition) is 0. The first-order valence-electron chi connectivity index (χ1n) is 10.2. The van der Waals surface area contributed by atoms with E-state index >= 15 is 0 Å². The molecule has 0 amide bonds. The Kier molecular flexibility index (Phi) is 4.64. The zero-order valence-electron chi connectivity index (χ0n) is 16.9. The molecule has 2 aromatic carbocycles. The van der Waals surface area contributed by atoms with Gasteiger partial charge in [-0.2, -0.15) is 0 Å². The SMILES string of the molecule is Cc1ccccc1/C=C1\Oc2c(cc3c(c2C)OCN(CC2CCCO2)C3)C1=O. The van der Waals surface area contributed by atoms with E-state index in [9.17, 15) is 4.79 Å². The van der Waals surface area contributed by atoms with Gasteiger partial charge in [-0.25, -0.2) is 0 Å². The quantitative estimate of drug-likeness (QED) is 0.732. The lowest BCUT2D eigenvalue weighted by Crippen LogP contribution is -2.37. The second kappa shape index (κ2) is 7.32. The van der Waals surface area contributed by atoms with Crippen molar-refractivity contribution in [3.05, 3.63) is 63.9 Å². The normalized spacial score (nSPS) is 22.3. The Morgan fingerprint density at radius 1 is 1.21 bits per heavy atom. The molecule has 5 nitrogen and oxygen atoms in total. The zero-order valence-corrected chi connectivity index (χ0v) is 16.9. The predicted octanol–water partition coefficient (Wildman–Crippen LogP) is 4.25. The number of allylic oxidation sites excluding steroid dienone is 1. The number of aryl methyl sites for hydroxylation is 1. The summed E-state index contributed by atoms with van der Waals surface area (Å²) in [6.07, 6.45) is 4.35. The summed E-state index contributed by atoms with van der Waals surface area (Å²) in [6.45, 7) is 7.00. The third kappa shape index (κ3) is 3.34. The average molecular weight is 391 g/mol. The summed E-state index contributed by atoms with van der Waals surface area (Å²) < 4.78 is 17.8. The van der Waals surface area contributed by atoms with E-state index in [-0.39, 0.29) is 11.9 Å². The molecule has 0 radical (unpaired) electrons. The molecule has 0 aliphatic carbocycles. The summed E-state index contributed by atoms with van der Waals surface area (Å²) in [5.74, 6) is 1.78. The van der Waals surface area contributed by atoms with Crippen LogP contribution in [0.1, 0.15) is 45.5 Å². The zero-order chi connectivity index (χ0) is 20.0. The third-order valence-electron chi connectivity index (χ3n) is 5.96. The molecule has 0 aromatic heterocycles. The summed E-state index contributed by atoms with van der Waals surface area (Å²) in [5.41, 5.74) is 4.67. The number of fused-ring (bicyclic) bond motifs is 2. The van der Waals surface area contributed by atoms with Crippen molar-refractivity contribution in [1.82, 2.24) is 4.90 Å². The van der Waals surface area contributed by atoms with Crippen molar-refractivity contribution in [3.8, 4) is 11.5 Å². The highest BCUT2D eigenvalue weighted by atomic mass is 16.5. The lowest BCUT2D eigenvalue weighted by Gasteiger charge is -2.31. The molecular weight excluding hydrogens is 366 g/mol. The van der Waals surface area contributed by atoms with Crippen molar-refractivity contribution in [3.63, 3.8) is 0 Å². The molecule has 3 aliphatic heterocycles. The summed E-state index contributed by atoms with van der Waals surface area (Å²) in [5, 5.41) is 0. The molecule has 3 aliphatic rings. The third-order valence-corrected chi connectivity index (χ3v) is 5.96. The van der Waals surface area contributed by atoms with Gasteiger partial charge in [0.2, 0.25) is 5.78 Å². The molecule has 5 rings (SSSR count). The molecule has 5 heteroatoms. The van der Waals surface area contributed by atoms with Crippen LogP contribution in [0.25, 0.3) is 6.08 Å². The first-order valence-corrected chi connectivity index (χ1v) is 10.2. The van der Waals surface area contributed by atoms with E-state index in [4.69, 9.17) is 14.2 Å². The van der Waals surface area contributed by atoms with E-state index in [1.807, 2.05) is 50.3 Å². The highest BCUT2D eigenvalue weighted by Crippen LogP contribution is 2.43. The fourth-order valence-electron chi connectivity index (χ4n) is 4.38. The van der Waals surface area contributed by atoms with Gasteiger partial charge in [-0.15, -0.1) is 0 Å². The number of carbonyl (C=O) groups is 1. The van der Waals surface area contributed by atoms with Gasteiger partial charge in [0.05, 0.1) is 11.7 Å². The number of ether oxygens (including phenoxy) is 3. The van der Waals surface area contributed by atoms with Crippen molar-refractivity contribution in [2.45, 2.75) is 39.3 Å². The van der Waals surface area contributed by atoms with Crippen molar-refractivity contribution in [2.75, 3.05) is 19.9 Å². The van der Waals surface area contributed by atoms with E-state index in [1.54, 1.807) is 0 Å². The number of hydrogen-bond acceptors (Lipinski definition) is 5. The Hall–Kier alpha value is -2.63. The topological polar surface area (TPSA) is 48.0 Å². The van der Waals surface area contributed by atoms with Crippen LogP contribution >= 0.6 is 0 Å². The van der Waals surface area contributed by atoms with Crippen molar-refractivity contribution >= 4 is 11.9 Å². The van der Waals surface area contributed by atoms with Gasteiger partial charge in [0, 0.05) is 30.8 Å². The number of benzene rings is 2. The molecule has 1 unspecified atom stereocenters. The Morgan fingerprint density at radius 3 is 2.86 bits per heavy atom. The van der Waals surface area contributed by atoms with Crippen LogP contribution in [0, 0.1) is 13.8 Å². The van der Waals surface area contributed by atoms with E-state index in [1.165, 1.54) is 0 Å². The molecule has 0 bridgehead atoms. The number of ketones is 1. The van der Waals surface area contributed by atoms with Gasteiger partial charge >= 0.3 is 0 Å². The number of nitrogens with zero attached hydrogens (tertiary/aromatic N) is 1. The van der Waals surface area contributed by atoms with Gasteiger partial charge in [-0.05, 0) is 50.0 Å². The van der Waals surface area contributed by atoms with Crippen LogP contribution in [0.5, 0.6) is 11.5 Å². The number of rotatable bonds is 3. The minimum atomic E-state index is -0.0644. The van der Waals surface area contributed by atoms with Gasteiger partial charge in [0.15, 0.2) is 5.76 Å². The van der Waals surface area contributed by atoms with E-state index < -0.39 is 0 Å². The fourth-order valence-corrected chi connectivity index (χ4v) is 4.38. The number of Topliss-reactive ketones (excluding diaryl/α,β-unsaturated/α-hetero) is 1. The second-order valence-electron chi connectivity index (χ2n) is 8.08. The molecule has 0 saturated carbocycles. The fraction of sp³-hybridized carbons (Fsp3) is 0.375. The smallest absolute Gasteiger partial charge is 0.231 e. The maximum Gasteiger partial charge on any atom is 0.231 e. The molecule has 1 saturated heterocycles. The predicted molar refractivity (Wildman–Crippen MR) is 110 cm³/mol. The number of carbonyl (C=O) groups excluding carboxylic acids is 1. The largest absolute Gasteiger partial charge is 0.477 e. The monoisotopic (exact) mass is 391 g/mol.